The van der Waals surface area contributed by atoms with E-state index >= 15 is 0 Å². The van der Waals surface area contributed by atoms with Gasteiger partial charge < -0.3 is 15.5 Å². The molecule has 0 unspecified atom stereocenters. The average Bonchev–Trinajstić information content (AvgIpc) is 3.04. The number of nitrogens with zero attached hydrogens (tertiary/aromatic N) is 3. The summed E-state index contributed by atoms with van der Waals surface area (Å²) in [6.07, 6.45) is 4.61. The van der Waals surface area contributed by atoms with Gasteiger partial charge in [0.2, 0.25) is 0 Å². The number of aromatic nitrogens is 1. The summed E-state index contributed by atoms with van der Waals surface area (Å²) in [5.41, 5.74) is 9.32. The molecule has 1 aliphatic heterocycles. The number of likely N-dealkylation sites (tertiary alicyclic amines) is 1. The van der Waals surface area contributed by atoms with E-state index < -0.39 is 0 Å². The molecule has 4 nitrogen and oxygen atoms in total. The number of benzene rings is 1. The molecule has 0 spiro atoms. The van der Waals surface area contributed by atoms with Crippen molar-refractivity contribution in [2.75, 3.05) is 38.1 Å². The summed E-state index contributed by atoms with van der Waals surface area (Å²) in [6, 6.07) is 8.31. The molecule has 1 aromatic heterocycles. The lowest BCUT2D eigenvalue weighted by molar-refractivity contribution is 0.346. The van der Waals surface area contributed by atoms with Gasteiger partial charge in [-0.1, -0.05) is 18.2 Å². The number of nitrogens with two attached hydrogens (primary N) is 1. The molecule has 1 saturated heterocycles. The number of hydrogen-bond acceptors (Lipinski definition) is 4. The zero-order valence-electron chi connectivity index (χ0n) is 12.8. The minimum absolute atomic E-state index is 0.529. The number of anilines is 1. The number of hydrogen-bond donors (Lipinski definition) is 1. The van der Waals surface area contributed by atoms with Crippen LogP contribution in [0, 0.1) is 0 Å². The van der Waals surface area contributed by atoms with E-state index in [4.69, 9.17) is 5.73 Å². The number of para-hydroxylation sites is 1. The van der Waals surface area contributed by atoms with Crippen molar-refractivity contribution >= 4 is 16.6 Å². The van der Waals surface area contributed by atoms with Crippen molar-refractivity contribution in [3.8, 4) is 0 Å². The lowest BCUT2D eigenvalue weighted by atomic mass is 10.1. The summed E-state index contributed by atoms with van der Waals surface area (Å²) in [4.78, 5) is 9.40. The topological polar surface area (TPSA) is 45.4 Å². The summed E-state index contributed by atoms with van der Waals surface area (Å²) in [7, 11) is 2.16. The van der Waals surface area contributed by atoms with Gasteiger partial charge in [-0.25, -0.2) is 0 Å². The van der Waals surface area contributed by atoms with Gasteiger partial charge >= 0.3 is 0 Å². The van der Waals surface area contributed by atoms with Crippen LogP contribution in [-0.2, 0) is 6.54 Å². The lowest BCUT2D eigenvalue weighted by Crippen LogP contribution is -2.32. The Hall–Kier alpha value is -1.65. The minimum Gasteiger partial charge on any atom is -0.372 e. The first kappa shape index (κ1) is 14.3. The van der Waals surface area contributed by atoms with Crippen molar-refractivity contribution < 1.29 is 0 Å². The van der Waals surface area contributed by atoms with Crippen molar-refractivity contribution in [2.24, 2.45) is 5.73 Å². The Balaban J connectivity index is 1.86. The van der Waals surface area contributed by atoms with E-state index in [-0.39, 0.29) is 0 Å². The van der Waals surface area contributed by atoms with E-state index in [0.29, 0.717) is 6.54 Å². The average molecular weight is 284 g/mol. The second-order valence-electron chi connectivity index (χ2n) is 5.82. The molecule has 4 heteroatoms. The van der Waals surface area contributed by atoms with E-state index in [2.05, 4.69) is 40.0 Å². The highest BCUT2D eigenvalue weighted by molar-refractivity contribution is 5.93. The summed E-state index contributed by atoms with van der Waals surface area (Å²) in [6.45, 7) is 5.17. The lowest BCUT2D eigenvalue weighted by Gasteiger charge is -2.26. The Morgan fingerprint density at radius 1 is 1.24 bits per heavy atom. The molecule has 2 aromatic rings. The van der Waals surface area contributed by atoms with Gasteiger partial charge in [-0.15, -0.1) is 0 Å². The molecule has 1 aliphatic rings. The summed E-state index contributed by atoms with van der Waals surface area (Å²) < 4.78 is 0. The van der Waals surface area contributed by atoms with Crippen molar-refractivity contribution in [1.29, 1.82) is 0 Å². The first-order valence-corrected chi connectivity index (χ1v) is 7.80. The Labute approximate surface area is 126 Å². The fourth-order valence-electron chi connectivity index (χ4n) is 3.18. The quantitative estimate of drug-likeness (QED) is 0.914. The van der Waals surface area contributed by atoms with E-state index in [9.17, 15) is 0 Å². The first-order chi connectivity index (χ1) is 10.3. The van der Waals surface area contributed by atoms with E-state index in [0.717, 1.165) is 24.2 Å². The molecule has 0 saturated carbocycles. The molecule has 0 radical (unpaired) electrons. The molecule has 0 aliphatic carbocycles. The van der Waals surface area contributed by atoms with Gasteiger partial charge in [0.25, 0.3) is 0 Å². The third-order valence-electron chi connectivity index (χ3n) is 4.37. The summed E-state index contributed by atoms with van der Waals surface area (Å²) in [5.74, 6) is 0. The molecule has 2 heterocycles. The Morgan fingerprint density at radius 3 is 2.76 bits per heavy atom. The molecule has 1 fully saturated rings. The van der Waals surface area contributed by atoms with Crippen LogP contribution < -0.4 is 10.6 Å². The Kier molecular flexibility index (Phi) is 4.36. The van der Waals surface area contributed by atoms with Crippen LogP contribution in [0.3, 0.4) is 0 Å². The maximum Gasteiger partial charge on any atom is 0.0723 e. The van der Waals surface area contributed by atoms with Crippen molar-refractivity contribution in [3.63, 3.8) is 0 Å². The van der Waals surface area contributed by atoms with E-state index in [1.807, 2.05) is 12.3 Å². The minimum atomic E-state index is 0.529. The van der Waals surface area contributed by atoms with Crippen LogP contribution in [0.1, 0.15) is 18.4 Å². The molecule has 3 rings (SSSR count). The van der Waals surface area contributed by atoms with Crippen LogP contribution in [0.15, 0.2) is 30.5 Å². The molecule has 1 aromatic carbocycles. The zero-order valence-corrected chi connectivity index (χ0v) is 12.8. The monoisotopic (exact) mass is 284 g/mol. The van der Waals surface area contributed by atoms with E-state index in [1.54, 1.807) is 0 Å². The first-order valence-electron chi connectivity index (χ1n) is 7.80. The van der Waals surface area contributed by atoms with Crippen molar-refractivity contribution in [2.45, 2.75) is 19.4 Å². The maximum atomic E-state index is 5.92. The Morgan fingerprint density at radius 2 is 2.00 bits per heavy atom. The standard InChI is InChI=1S/C17H24N4/c1-20(10-11-21-8-4-5-9-21)17-14(12-18)13-19-16-7-3-2-6-15(16)17/h2-3,6-7,13H,4-5,8-12,18H2,1H3. The molecule has 21 heavy (non-hydrogen) atoms. The maximum absolute atomic E-state index is 5.92. The SMILES string of the molecule is CN(CCN1CCCC1)c1c(CN)cnc2ccccc12. The van der Waals surface area contributed by atoms with Gasteiger partial charge in [-0.2, -0.15) is 0 Å². The van der Waals surface area contributed by atoms with Crippen LogP contribution >= 0.6 is 0 Å². The fourth-order valence-corrected chi connectivity index (χ4v) is 3.18. The van der Waals surface area contributed by atoms with Gasteiger partial charge in [0.1, 0.15) is 0 Å². The summed E-state index contributed by atoms with van der Waals surface area (Å²) in [5, 5.41) is 1.20. The van der Waals surface area contributed by atoms with Crippen LogP contribution in [0.5, 0.6) is 0 Å². The predicted octanol–water partition coefficient (Wildman–Crippen LogP) is 2.23. The van der Waals surface area contributed by atoms with Crippen LogP contribution in [-0.4, -0.2) is 43.1 Å². The number of fused-ring (bicyclic) bond motifs is 1. The molecule has 0 amide bonds. The number of pyridine rings is 1. The highest BCUT2D eigenvalue weighted by Crippen LogP contribution is 2.28. The van der Waals surface area contributed by atoms with Crippen LogP contribution in [0.25, 0.3) is 10.9 Å². The fraction of sp³-hybridized carbons (Fsp3) is 0.471. The number of likely N-dealkylation sites (N-methyl/N-ethyl adjacent to an activating group) is 1. The highest BCUT2D eigenvalue weighted by Gasteiger charge is 2.15. The van der Waals surface area contributed by atoms with Gasteiger partial charge in [0, 0.05) is 43.8 Å². The normalized spacial score (nSPS) is 15.7. The Bertz CT molecular complexity index is 605. The largest absolute Gasteiger partial charge is 0.372 e. The zero-order chi connectivity index (χ0) is 14.7. The molecular formula is C17H24N4. The summed E-state index contributed by atoms with van der Waals surface area (Å²) >= 11 is 0. The second-order valence-corrected chi connectivity index (χ2v) is 5.82. The van der Waals surface area contributed by atoms with Crippen LogP contribution in [0.4, 0.5) is 5.69 Å². The third kappa shape index (κ3) is 3.01. The molecular weight excluding hydrogens is 260 g/mol. The van der Waals surface area contributed by atoms with Crippen molar-refractivity contribution in [3.05, 3.63) is 36.0 Å². The molecule has 0 bridgehead atoms. The predicted molar refractivity (Wildman–Crippen MR) is 88.6 cm³/mol. The van der Waals surface area contributed by atoms with Gasteiger partial charge in [0.15, 0.2) is 0 Å². The van der Waals surface area contributed by atoms with Crippen molar-refractivity contribution in [1.82, 2.24) is 9.88 Å². The molecule has 0 atom stereocenters. The molecule has 112 valence electrons. The van der Waals surface area contributed by atoms with Crippen LogP contribution in [0.2, 0.25) is 0 Å². The van der Waals surface area contributed by atoms with Gasteiger partial charge in [-0.05, 0) is 32.0 Å². The van der Waals surface area contributed by atoms with Gasteiger partial charge in [-0.3, -0.25) is 4.98 Å². The smallest absolute Gasteiger partial charge is 0.0723 e. The number of rotatable bonds is 5. The molecule has 2 N–H and O–H groups in total. The third-order valence-corrected chi connectivity index (χ3v) is 4.37. The van der Waals surface area contributed by atoms with Gasteiger partial charge in [0.05, 0.1) is 11.2 Å². The second kappa shape index (κ2) is 6.41. The van der Waals surface area contributed by atoms with E-state index in [1.165, 1.54) is 37.0 Å². The highest BCUT2D eigenvalue weighted by atomic mass is 15.2.